The third-order valence-corrected chi connectivity index (χ3v) is 5.67. The zero-order valence-corrected chi connectivity index (χ0v) is 18.3. The Balaban J connectivity index is 1.88. The van der Waals surface area contributed by atoms with Gasteiger partial charge in [-0.15, -0.1) is 0 Å². The summed E-state index contributed by atoms with van der Waals surface area (Å²) in [7, 11) is 1.60. The van der Waals surface area contributed by atoms with E-state index in [1.165, 1.54) is 4.57 Å². The number of nitrogens with zero attached hydrogens (tertiary/aromatic N) is 1. The molecule has 4 aromatic rings. The fraction of sp³-hybridized carbons (Fsp3) is 0.240. The summed E-state index contributed by atoms with van der Waals surface area (Å²) in [6.45, 7) is 1.96. The molecule has 2 N–H and O–H groups in total. The number of hydrogen-bond donors (Lipinski definition) is 2. The monoisotopic (exact) mass is 449 g/mol. The SMILES string of the molecule is COc1ccc2cc(-c3oc4cc(C)n(CCCC(=O)O)c(=O)c4c3CC(=O)O)ccc2c1. The van der Waals surface area contributed by atoms with Crippen LogP contribution in [0.4, 0.5) is 0 Å². The summed E-state index contributed by atoms with van der Waals surface area (Å²) in [5.74, 6) is -0.955. The third-order valence-electron chi connectivity index (χ3n) is 5.67. The zero-order valence-electron chi connectivity index (χ0n) is 18.3. The van der Waals surface area contributed by atoms with Gasteiger partial charge in [-0.3, -0.25) is 14.4 Å². The fourth-order valence-corrected chi connectivity index (χ4v) is 4.10. The summed E-state index contributed by atoms with van der Waals surface area (Å²) in [5.41, 5.74) is 1.52. The third kappa shape index (κ3) is 4.32. The number of methoxy groups -OCH3 is 1. The van der Waals surface area contributed by atoms with Gasteiger partial charge in [0.25, 0.3) is 5.56 Å². The molecule has 0 saturated heterocycles. The minimum atomic E-state index is -1.08. The highest BCUT2D eigenvalue weighted by atomic mass is 16.5. The Morgan fingerprint density at radius 2 is 1.76 bits per heavy atom. The number of benzene rings is 2. The molecule has 0 atom stereocenters. The molecule has 0 aliphatic carbocycles. The summed E-state index contributed by atoms with van der Waals surface area (Å²) in [6.07, 6.45) is -0.157. The second-order valence-corrected chi connectivity index (χ2v) is 7.89. The van der Waals surface area contributed by atoms with E-state index in [0.717, 1.165) is 16.5 Å². The van der Waals surface area contributed by atoms with E-state index in [2.05, 4.69) is 0 Å². The lowest BCUT2D eigenvalue weighted by Gasteiger charge is -2.09. The molecular weight excluding hydrogens is 426 g/mol. The van der Waals surface area contributed by atoms with E-state index in [-0.39, 0.29) is 36.8 Å². The second-order valence-electron chi connectivity index (χ2n) is 7.89. The van der Waals surface area contributed by atoms with E-state index in [0.29, 0.717) is 28.2 Å². The van der Waals surface area contributed by atoms with Crippen LogP contribution < -0.4 is 10.3 Å². The number of hydrogen-bond acceptors (Lipinski definition) is 5. The van der Waals surface area contributed by atoms with Crippen molar-refractivity contribution in [2.24, 2.45) is 0 Å². The summed E-state index contributed by atoms with van der Waals surface area (Å²) < 4.78 is 12.8. The van der Waals surface area contributed by atoms with Crippen molar-refractivity contribution in [1.82, 2.24) is 4.57 Å². The van der Waals surface area contributed by atoms with Gasteiger partial charge in [0, 0.05) is 35.9 Å². The van der Waals surface area contributed by atoms with Gasteiger partial charge in [-0.1, -0.05) is 18.2 Å². The van der Waals surface area contributed by atoms with Crippen LogP contribution in [0.3, 0.4) is 0 Å². The first-order valence-corrected chi connectivity index (χ1v) is 10.5. The Bertz CT molecular complexity index is 1440. The molecule has 0 radical (unpaired) electrons. The maximum Gasteiger partial charge on any atom is 0.307 e. The number of aryl methyl sites for hydroxylation is 1. The van der Waals surface area contributed by atoms with Crippen molar-refractivity contribution in [3.05, 3.63) is 64.1 Å². The van der Waals surface area contributed by atoms with E-state index in [4.69, 9.17) is 14.3 Å². The molecule has 8 nitrogen and oxygen atoms in total. The standard InChI is InChI=1S/C25H23NO7/c1-14-10-20-23(25(31)26(14)9-3-4-21(27)28)19(13-22(29)30)24(33-20)17-6-5-16-12-18(32-2)8-7-15(16)11-17/h5-8,10-12H,3-4,9,13H2,1-2H3,(H,27,28)(H,29,30). The molecule has 4 rings (SSSR count). The van der Waals surface area contributed by atoms with Crippen LogP contribution in [0.1, 0.15) is 24.1 Å². The number of fused-ring (bicyclic) bond motifs is 2. The first kappa shape index (κ1) is 22.1. The van der Waals surface area contributed by atoms with Crippen molar-refractivity contribution in [3.63, 3.8) is 0 Å². The molecular formula is C25H23NO7. The minimum Gasteiger partial charge on any atom is -0.497 e. The first-order chi connectivity index (χ1) is 15.8. The molecule has 0 fully saturated rings. The molecule has 33 heavy (non-hydrogen) atoms. The van der Waals surface area contributed by atoms with Crippen LogP contribution in [0.2, 0.25) is 0 Å². The Morgan fingerprint density at radius 3 is 2.45 bits per heavy atom. The van der Waals surface area contributed by atoms with Crippen molar-refractivity contribution >= 4 is 33.7 Å². The average molecular weight is 449 g/mol. The highest BCUT2D eigenvalue weighted by Crippen LogP contribution is 2.35. The van der Waals surface area contributed by atoms with Gasteiger partial charge in [0.05, 0.1) is 18.9 Å². The van der Waals surface area contributed by atoms with Gasteiger partial charge in [0.2, 0.25) is 0 Å². The molecule has 0 bridgehead atoms. The number of ether oxygens (including phenoxy) is 1. The topological polar surface area (TPSA) is 119 Å². The maximum absolute atomic E-state index is 13.3. The van der Waals surface area contributed by atoms with Gasteiger partial charge in [0.15, 0.2) is 0 Å². The smallest absolute Gasteiger partial charge is 0.307 e. The zero-order chi connectivity index (χ0) is 23.7. The lowest BCUT2D eigenvalue weighted by atomic mass is 10.0. The Hall–Kier alpha value is -4.07. The van der Waals surface area contributed by atoms with Crippen molar-refractivity contribution in [2.45, 2.75) is 32.7 Å². The molecule has 0 amide bonds. The van der Waals surface area contributed by atoms with Gasteiger partial charge >= 0.3 is 11.9 Å². The summed E-state index contributed by atoms with van der Waals surface area (Å²) in [5, 5.41) is 20.5. The lowest BCUT2D eigenvalue weighted by Crippen LogP contribution is -2.23. The molecule has 2 aromatic heterocycles. The largest absolute Gasteiger partial charge is 0.497 e. The quantitative estimate of drug-likeness (QED) is 0.413. The Morgan fingerprint density at radius 1 is 1.03 bits per heavy atom. The number of pyridine rings is 1. The number of carboxylic acid groups (broad SMARTS) is 2. The molecule has 2 heterocycles. The summed E-state index contributed by atoms with van der Waals surface area (Å²) in [6, 6.07) is 12.9. The molecule has 0 unspecified atom stereocenters. The van der Waals surface area contributed by atoms with Crippen molar-refractivity contribution < 1.29 is 29.0 Å². The molecule has 0 spiro atoms. The van der Waals surface area contributed by atoms with Gasteiger partial charge in [-0.25, -0.2) is 0 Å². The summed E-state index contributed by atoms with van der Waals surface area (Å²) in [4.78, 5) is 35.8. The van der Waals surface area contributed by atoms with Crippen LogP contribution in [0, 0.1) is 6.92 Å². The van der Waals surface area contributed by atoms with Crippen molar-refractivity contribution in [2.75, 3.05) is 7.11 Å². The van der Waals surface area contributed by atoms with Gasteiger partial charge < -0.3 is 23.9 Å². The van der Waals surface area contributed by atoms with E-state index < -0.39 is 11.9 Å². The minimum absolute atomic E-state index is 0.0651. The van der Waals surface area contributed by atoms with Crippen LogP contribution in [-0.4, -0.2) is 33.8 Å². The van der Waals surface area contributed by atoms with Crippen LogP contribution in [0.5, 0.6) is 5.75 Å². The van der Waals surface area contributed by atoms with E-state index >= 15 is 0 Å². The van der Waals surface area contributed by atoms with Gasteiger partial charge in [-0.05, 0) is 42.3 Å². The first-order valence-electron chi connectivity index (χ1n) is 10.5. The van der Waals surface area contributed by atoms with Crippen molar-refractivity contribution in [3.8, 4) is 17.1 Å². The number of aliphatic carboxylic acids is 2. The van der Waals surface area contributed by atoms with Crippen LogP contribution in [-0.2, 0) is 22.6 Å². The normalized spacial score (nSPS) is 11.2. The number of carbonyl (C=O) groups is 2. The summed E-state index contributed by atoms with van der Waals surface area (Å²) >= 11 is 0. The molecule has 8 heteroatoms. The van der Waals surface area contributed by atoms with Crippen LogP contribution in [0.25, 0.3) is 33.1 Å². The number of aromatic nitrogens is 1. The molecule has 0 aliphatic heterocycles. The van der Waals surface area contributed by atoms with Crippen molar-refractivity contribution in [1.29, 1.82) is 0 Å². The van der Waals surface area contributed by atoms with E-state index in [1.807, 2.05) is 36.4 Å². The average Bonchev–Trinajstić information content (AvgIpc) is 3.12. The molecule has 0 saturated carbocycles. The van der Waals surface area contributed by atoms with Gasteiger partial charge in [0.1, 0.15) is 17.1 Å². The predicted octanol–water partition coefficient (Wildman–Crippen LogP) is 4.22. The highest BCUT2D eigenvalue weighted by molar-refractivity contribution is 5.94. The Kier molecular flexibility index (Phi) is 5.91. The second kappa shape index (κ2) is 8.82. The number of furan rings is 1. The maximum atomic E-state index is 13.3. The molecule has 2 aromatic carbocycles. The van der Waals surface area contributed by atoms with E-state index in [1.54, 1.807) is 20.1 Å². The fourth-order valence-electron chi connectivity index (χ4n) is 4.10. The van der Waals surface area contributed by atoms with Crippen LogP contribution >= 0.6 is 0 Å². The molecule has 170 valence electrons. The Labute approximate surface area is 188 Å². The lowest BCUT2D eigenvalue weighted by molar-refractivity contribution is -0.137. The van der Waals surface area contributed by atoms with Gasteiger partial charge in [-0.2, -0.15) is 0 Å². The highest BCUT2D eigenvalue weighted by Gasteiger charge is 2.23. The number of carboxylic acids is 2. The van der Waals surface area contributed by atoms with Crippen LogP contribution in [0.15, 0.2) is 51.7 Å². The predicted molar refractivity (Wildman–Crippen MR) is 123 cm³/mol. The van der Waals surface area contributed by atoms with E-state index in [9.17, 15) is 19.5 Å². The molecule has 0 aliphatic rings. The number of rotatable bonds is 8.